The number of hydrogen-bond acceptors (Lipinski definition) is 19. The Kier molecular flexibility index (Phi) is 14.7. The van der Waals surface area contributed by atoms with Crippen molar-refractivity contribution in [3.63, 3.8) is 0 Å². The Balaban J connectivity index is 1.42. The zero-order valence-electron chi connectivity index (χ0n) is 30.1. The number of hydrogen-bond donors (Lipinski definition) is 9. The largest absolute Gasteiger partial charge is 0.504 e. The third-order valence-corrected chi connectivity index (χ3v) is 9.38. The Morgan fingerprint density at radius 1 is 0.764 bits per heavy atom. The summed E-state index contributed by atoms with van der Waals surface area (Å²) in [6.07, 6.45) is -19.4. The molecule has 0 unspecified atom stereocenters. The van der Waals surface area contributed by atoms with Gasteiger partial charge in [0.1, 0.15) is 54.9 Å². The molecule has 3 aliphatic heterocycles. The summed E-state index contributed by atoms with van der Waals surface area (Å²) >= 11 is 0. The number of aliphatic hydroxyl groups excluding tert-OH is 7. The van der Waals surface area contributed by atoms with Gasteiger partial charge in [0, 0.05) is 6.08 Å². The zero-order valence-corrected chi connectivity index (χ0v) is 30.1. The van der Waals surface area contributed by atoms with Gasteiger partial charge in [-0.3, -0.25) is 0 Å². The smallest absolute Gasteiger partial charge is 0.331 e. The Bertz CT molecular complexity index is 1590. The van der Waals surface area contributed by atoms with E-state index in [1.165, 1.54) is 51.5 Å². The number of aliphatic hydroxyl groups is 7. The van der Waals surface area contributed by atoms with Crippen molar-refractivity contribution in [1.29, 1.82) is 0 Å². The molecule has 3 fully saturated rings. The SMILES string of the molecule is COc1ccc(CCO[C@@H]2O[C@H](CO[C@@H]3OC[C@H](O)[C@H](O)[C@H]3O)[C@@H](OC(=O)/C=C\c3ccc(O)c(OC)c3)[C@H](O[C@@H]3O[C@@H](C)[C@@H](O)[C@@H](O)[C@H]3O)[C@H]2O)cc1O. The fraction of sp³-hybridized carbons (Fsp3) is 0.583. The van der Waals surface area contributed by atoms with Crippen LogP contribution in [0.1, 0.15) is 18.1 Å². The highest BCUT2D eigenvalue weighted by Gasteiger charge is 2.53. The van der Waals surface area contributed by atoms with Crippen LogP contribution in [-0.2, 0) is 44.4 Å². The van der Waals surface area contributed by atoms with Crippen molar-refractivity contribution in [2.24, 2.45) is 0 Å². The molecular formula is C36H48O19. The predicted molar refractivity (Wildman–Crippen MR) is 183 cm³/mol. The molecule has 9 N–H and O–H groups in total. The first-order valence-corrected chi connectivity index (χ1v) is 17.4. The van der Waals surface area contributed by atoms with Crippen LogP contribution in [0.4, 0.5) is 0 Å². The number of carbonyl (C=O) groups is 1. The molecule has 306 valence electrons. The lowest BCUT2D eigenvalue weighted by Gasteiger charge is -2.47. The molecule has 14 atom stereocenters. The Hall–Kier alpha value is -3.67. The molecule has 55 heavy (non-hydrogen) atoms. The lowest BCUT2D eigenvalue weighted by Crippen LogP contribution is -2.65. The highest BCUT2D eigenvalue weighted by Crippen LogP contribution is 2.33. The van der Waals surface area contributed by atoms with Crippen molar-refractivity contribution >= 4 is 12.0 Å². The van der Waals surface area contributed by atoms with Crippen molar-refractivity contribution < 1.29 is 93.4 Å². The first kappa shape index (κ1) is 42.5. The van der Waals surface area contributed by atoms with Crippen LogP contribution in [0.3, 0.4) is 0 Å². The van der Waals surface area contributed by atoms with E-state index in [4.69, 9.17) is 42.6 Å². The van der Waals surface area contributed by atoms with Crippen molar-refractivity contribution in [1.82, 2.24) is 0 Å². The van der Waals surface area contributed by atoms with Crippen LogP contribution in [0.2, 0.25) is 0 Å². The van der Waals surface area contributed by atoms with Gasteiger partial charge < -0.3 is 88.6 Å². The molecule has 3 heterocycles. The lowest BCUT2D eigenvalue weighted by molar-refractivity contribution is -0.362. The van der Waals surface area contributed by atoms with Crippen LogP contribution >= 0.6 is 0 Å². The number of methoxy groups -OCH3 is 2. The van der Waals surface area contributed by atoms with Gasteiger partial charge in [-0.2, -0.15) is 0 Å². The molecule has 0 aromatic heterocycles. The predicted octanol–water partition coefficient (Wildman–Crippen LogP) is -1.95. The maximum Gasteiger partial charge on any atom is 0.331 e. The average Bonchev–Trinajstić information content (AvgIpc) is 3.17. The maximum absolute atomic E-state index is 13.4. The van der Waals surface area contributed by atoms with Crippen LogP contribution in [0.5, 0.6) is 23.0 Å². The van der Waals surface area contributed by atoms with E-state index in [-0.39, 0.29) is 42.6 Å². The molecule has 0 amide bonds. The molecule has 0 radical (unpaired) electrons. The minimum atomic E-state index is -1.84. The summed E-state index contributed by atoms with van der Waals surface area (Å²) in [7, 11) is 2.75. The van der Waals surface area contributed by atoms with Crippen LogP contribution in [-0.4, -0.2) is 172 Å². The van der Waals surface area contributed by atoms with Gasteiger partial charge >= 0.3 is 5.97 Å². The third kappa shape index (κ3) is 10.2. The Morgan fingerprint density at radius 3 is 2.20 bits per heavy atom. The second kappa shape index (κ2) is 19.0. The molecule has 0 bridgehead atoms. The molecule has 2 aromatic carbocycles. The van der Waals surface area contributed by atoms with Gasteiger partial charge in [-0.05, 0) is 54.8 Å². The van der Waals surface area contributed by atoms with Gasteiger partial charge in [0.25, 0.3) is 0 Å². The number of esters is 1. The highest BCUT2D eigenvalue weighted by atomic mass is 16.8. The van der Waals surface area contributed by atoms with Crippen molar-refractivity contribution in [3.05, 3.63) is 53.6 Å². The molecular weight excluding hydrogens is 736 g/mol. The minimum Gasteiger partial charge on any atom is -0.504 e. The van der Waals surface area contributed by atoms with Crippen molar-refractivity contribution in [3.8, 4) is 23.0 Å². The van der Waals surface area contributed by atoms with Crippen molar-refractivity contribution in [2.45, 2.75) is 99.4 Å². The molecule has 5 rings (SSSR count). The molecule has 3 aliphatic rings. The summed E-state index contributed by atoms with van der Waals surface area (Å²) in [6, 6.07) is 9.00. The number of ether oxygens (including phenoxy) is 9. The monoisotopic (exact) mass is 784 g/mol. The molecule has 3 saturated heterocycles. The Labute approximate surface area is 315 Å². The minimum absolute atomic E-state index is 0.101. The molecule has 19 nitrogen and oxygen atoms in total. The van der Waals surface area contributed by atoms with Crippen LogP contribution < -0.4 is 9.47 Å². The summed E-state index contributed by atoms with van der Waals surface area (Å²) in [5, 5.41) is 93.9. The average molecular weight is 785 g/mol. The van der Waals surface area contributed by atoms with Crippen LogP contribution in [0, 0.1) is 0 Å². The van der Waals surface area contributed by atoms with Gasteiger partial charge in [0.15, 0.2) is 48.0 Å². The van der Waals surface area contributed by atoms with E-state index in [1.807, 2.05) is 0 Å². The van der Waals surface area contributed by atoms with Gasteiger partial charge in [-0.25, -0.2) is 4.79 Å². The van der Waals surface area contributed by atoms with E-state index in [1.54, 1.807) is 12.1 Å². The first-order valence-electron chi connectivity index (χ1n) is 17.4. The maximum atomic E-state index is 13.4. The fourth-order valence-electron chi connectivity index (χ4n) is 6.18. The van der Waals surface area contributed by atoms with Gasteiger partial charge in [0.2, 0.25) is 0 Å². The third-order valence-electron chi connectivity index (χ3n) is 9.38. The summed E-state index contributed by atoms with van der Waals surface area (Å²) in [4.78, 5) is 13.4. The summed E-state index contributed by atoms with van der Waals surface area (Å²) in [5.41, 5.74) is 1.06. The number of rotatable bonds is 14. The van der Waals surface area contributed by atoms with E-state index in [0.29, 0.717) is 11.1 Å². The number of carbonyl (C=O) groups excluding carboxylic acids is 1. The van der Waals surface area contributed by atoms with E-state index in [9.17, 15) is 50.8 Å². The lowest BCUT2D eigenvalue weighted by atomic mass is 9.96. The highest BCUT2D eigenvalue weighted by molar-refractivity contribution is 5.87. The first-order chi connectivity index (χ1) is 26.2. The normalized spacial score (nSPS) is 35.4. The zero-order chi connectivity index (χ0) is 40.0. The number of phenolic OH excluding ortho intramolecular Hbond substituents is 2. The second-order valence-electron chi connectivity index (χ2n) is 13.2. The molecule has 19 heteroatoms. The standard InChI is InChI=1S/C36H48O19/c1-16-26(41)28(43)30(45)36(52-16)55-33-31(46)35(49-11-10-18-5-8-22(47-2)20(38)12-18)53-24(15-51-34-29(44)27(42)21(39)14-50-34)32(33)54-25(40)9-6-17-4-7-19(37)23(13-17)48-3/h4-9,12-13,16,21,24,26-39,41-46H,10-11,14-15H2,1-3H3/b9-6-/t16-,21-,24+,26+,27-,28+,29+,30+,31+,32+,33+,34-,35+,36-/m0/s1. The van der Waals surface area contributed by atoms with E-state index >= 15 is 0 Å². The molecule has 0 aliphatic carbocycles. The van der Waals surface area contributed by atoms with Crippen LogP contribution in [0.25, 0.3) is 6.08 Å². The number of benzene rings is 2. The summed E-state index contributed by atoms with van der Waals surface area (Å²) in [6.45, 7) is 0.361. The quantitative estimate of drug-likeness (QED) is 0.0744. The second-order valence-corrected chi connectivity index (χ2v) is 13.2. The van der Waals surface area contributed by atoms with E-state index in [2.05, 4.69) is 0 Å². The van der Waals surface area contributed by atoms with E-state index < -0.39 is 98.6 Å². The topological polar surface area (TPSA) is 282 Å². The van der Waals surface area contributed by atoms with Crippen molar-refractivity contribution in [2.75, 3.05) is 34.0 Å². The summed E-state index contributed by atoms with van der Waals surface area (Å²) in [5.74, 6) is -0.848. The molecule has 0 spiro atoms. The van der Waals surface area contributed by atoms with Gasteiger partial charge in [-0.15, -0.1) is 0 Å². The summed E-state index contributed by atoms with van der Waals surface area (Å²) < 4.78 is 50.6. The molecule has 0 saturated carbocycles. The fourth-order valence-corrected chi connectivity index (χ4v) is 6.18. The Morgan fingerprint density at radius 2 is 1.49 bits per heavy atom. The number of aromatic hydroxyl groups is 2. The van der Waals surface area contributed by atoms with E-state index in [0.717, 1.165) is 6.08 Å². The van der Waals surface area contributed by atoms with Crippen LogP contribution in [0.15, 0.2) is 42.5 Å². The molecule has 2 aromatic rings. The number of phenols is 2. The van der Waals surface area contributed by atoms with Gasteiger partial charge in [-0.1, -0.05) is 12.1 Å². The van der Waals surface area contributed by atoms with Gasteiger partial charge in [0.05, 0.1) is 40.1 Å².